The lowest BCUT2D eigenvalue weighted by atomic mass is 9.52. The van der Waals surface area contributed by atoms with E-state index in [-0.39, 0.29) is 24.3 Å². The van der Waals surface area contributed by atoms with Gasteiger partial charge in [0, 0.05) is 24.7 Å². The second-order valence-electron chi connectivity index (χ2n) is 12.0. The fourth-order valence-electron chi connectivity index (χ4n) is 7.51. The fraction of sp³-hybridized carbons (Fsp3) is 0.581. The molecule has 0 heterocycles. The summed E-state index contributed by atoms with van der Waals surface area (Å²) in [6.45, 7) is 3.01. The van der Waals surface area contributed by atoms with Gasteiger partial charge in [-0.15, -0.1) is 0 Å². The van der Waals surface area contributed by atoms with E-state index < -0.39 is 6.10 Å². The molecule has 1 amide bonds. The van der Waals surface area contributed by atoms with Crippen LogP contribution in [-0.4, -0.2) is 40.4 Å². The van der Waals surface area contributed by atoms with Crippen molar-refractivity contribution in [2.75, 3.05) is 13.1 Å². The average molecular weight is 507 g/mol. The quantitative estimate of drug-likeness (QED) is 0.319. The topological polar surface area (TPSA) is 102 Å². The third-order valence-electron chi connectivity index (χ3n) is 9.17. The maximum atomic E-state index is 12.8. The molecular weight excluding hydrogens is 464 g/mol. The zero-order valence-corrected chi connectivity index (χ0v) is 21.9. The molecule has 0 aromatic heterocycles. The molecule has 0 saturated heterocycles. The van der Waals surface area contributed by atoms with Gasteiger partial charge >= 0.3 is 0 Å². The number of aliphatic hydroxyl groups is 2. The Morgan fingerprint density at radius 1 is 1.00 bits per heavy atom. The second-order valence-corrected chi connectivity index (χ2v) is 12.0. The van der Waals surface area contributed by atoms with Gasteiger partial charge in [-0.2, -0.15) is 0 Å². The summed E-state index contributed by atoms with van der Waals surface area (Å²) in [5, 5.41) is 36.2. The van der Waals surface area contributed by atoms with Crippen LogP contribution in [0.1, 0.15) is 67.4 Å². The van der Waals surface area contributed by atoms with Gasteiger partial charge in [0.25, 0.3) is 0 Å². The monoisotopic (exact) mass is 506 g/mol. The molecule has 6 rings (SSSR count). The highest BCUT2D eigenvalue weighted by molar-refractivity contribution is 5.78. The summed E-state index contributed by atoms with van der Waals surface area (Å²) in [7, 11) is 0. The second kappa shape index (κ2) is 11.5. The van der Waals surface area contributed by atoms with Crippen molar-refractivity contribution in [1.29, 1.82) is 0 Å². The normalized spacial score (nSPS) is 27.7. The van der Waals surface area contributed by atoms with Gasteiger partial charge in [-0.3, -0.25) is 4.79 Å². The van der Waals surface area contributed by atoms with Crippen LogP contribution < -0.4 is 10.6 Å². The highest BCUT2D eigenvalue weighted by atomic mass is 16.3. The first-order chi connectivity index (χ1) is 17.9. The Labute approximate surface area is 220 Å². The molecule has 6 heteroatoms. The molecule has 4 aliphatic carbocycles. The van der Waals surface area contributed by atoms with Crippen LogP contribution in [0, 0.1) is 29.6 Å². The molecule has 200 valence electrons. The lowest BCUT2D eigenvalue weighted by Gasteiger charge is -2.54. The number of hydrogen-bond acceptors (Lipinski definition) is 5. The highest BCUT2D eigenvalue weighted by Crippen LogP contribution is 2.56. The zero-order chi connectivity index (χ0) is 25.9. The number of amides is 1. The van der Waals surface area contributed by atoms with Gasteiger partial charge in [-0.05, 0) is 104 Å². The molecule has 6 nitrogen and oxygen atoms in total. The smallest absolute Gasteiger partial charge is 0.224 e. The summed E-state index contributed by atoms with van der Waals surface area (Å²) in [6, 6.07) is 13.2. The van der Waals surface area contributed by atoms with E-state index in [1.54, 1.807) is 12.1 Å². The molecule has 4 fully saturated rings. The molecule has 0 aliphatic heterocycles. The Morgan fingerprint density at radius 2 is 1.70 bits per heavy atom. The van der Waals surface area contributed by atoms with Gasteiger partial charge in [-0.25, -0.2) is 0 Å². The summed E-state index contributed by atoms with van der Waals surface area (Å²) in [6.07, 6.45) is 7.46. The molecular formula is C31H42N2O4. The molecule has 2 atom stereocenters. The molecule has 5 N–H and O–H groups in total. The van der Waals surface area contributed by atoms with Crippen LogP contribution in [0.5, 0.6) is 5.75 Å². The molecule has 2 aromatic carbocycles. The van der Waals surface area contributed by atoms with Crippen molar-refractivity contribution in [2.45, 2.75) is 70.6 Å². The third-order valence-corrected chi connectivity index (χ3v) is 9.17. The molecule has 2 aromatic rings. The van der Waals surface area contributed by atoms with Crippen LogP contribution in [0.4, 0.5) is 0 Å². The Morgan fingerprint density at radius 3 is 2.41 bits per heavy atom. The molecule has 37 heavy (non-hydrogen) atoms. The number of rotatable bonds is 11. The Balaban J connectivity index is 1.07. The van der Waals surface area contributed by atoms with Gasteiger partial charge in [0.2, 0.25) is 5.91 Å². The van der Waals surface area contributed by atoms with Crippen molar-refractivity contribution < 1.29 is 20.1 Å². The summed E-state index contributed by atoms with van der Waals surface area (Å²) in [5.74, 6) is 4.42. The lowest BCUT2D eigenvalue weighted by Crippen LogP contribution is -2.49. The minimum absolute atomic E-state index is 0.0289. The van der Waals surface area contributed by atoms with Crippen LogP contribution in [0.3, 0.4) is 0 Å². The molecule has 0 spiro atoms. The van der Waals surface area contributed by atoms with Crippen LogP contribution in [0.25, 0.3) is 0 Å². The molecule has 0 unspecified atom stereocenters. The number of carbonyl (C=O) groups excluding carboxylic acids is 1. The Kier molecular flexibility index (Phi) is 8.18. The Bertz CT molecular complexity index is 1060. The zero-order valence-electron chi connectivity index (χ0n) is 21.9. The summed E-state index contributed by atoms with van der Waals surface area (Å²) in [4.78, 5) is 12.8. The van der Waals surface area contributed by atoms with E-state index in [0.717, 1.165) is 47.8 Å². The number of hydrogen-bond donors (Lipinski definition) is 5. The maximum absolute atomic E-state index is 12.8. The van der Waals surface area contributed by atoms with E-state index in [1.807, 2.05) is 12.1 Å². The number of benzene rings is 2. The van der Waals surface area contributed by atoms with Gasteiger partial charge in [0.05, 0.1) is 19.1 Å². The fourth-order valence-corrected chi connectivity index (χ4v) is 7.51. The van der Waals surface area contributed by atoms with Gasteiger partial charge < -0.3 is 26.0 Å². The van der Waals surface area contributed by atoms with E-state index in [1.165, 1.54) is 38.2 Å². The number of carbonyl (C=O) groups is 1. The van der Waals surface area contributed by atoms with E-state index in [9.17, 15) is 20.1 Å². The summed E-state index contributed by atoms with van der Waals surface area (Å²) < 4.78 is 0. The minimum atomic E-state index is -0.738. The SMILES string of the molecule is C[C@H](Cc1cccc(CC(=O)NCC2C3CC4CC(C3)CC2C4)c1)NC[C@H](O)c1ccc(O)c(CO)c1. The van der Waals surface area contributed by atoms with Crippen LogP contribution in [-0.2, 0) is 24.2 Å². The van der Waals surface area contributed by atoms with E-state index in [0.29, 0.717) is 30.0 Å². The van der Waals surface area contributed by atoms with E-state index in [2.05, 4.69) is 29.7 Å². The largest absolute Gasteiger partial charge is 0.508 e. The Hall–Kier alpha value is -2.41. The van der Waals surface area contributed by atoms with E-state index >= 15 is 0 Å². The van der Waals surface area contributed by atoms with Gasteiger partial charge in [-0.1, -0.05) is 30.3 Å². The van der Waals surface area contributed by atoms with Crippen molar-refractivity contribution in [3.8, 4) is 5.75 Å². The number of aliphatic hydroxyl groups excluding tert-OH is 2. The standard InChI is InChI=1S/C31H42N2O4/c1-19(32-17-30(36)24-5-6-29(35)27(15-24)18-34)7-20-3-2-4-21(8-20)14-31(37)33-16-28-25-10-22-9-23(12-25)13-26(28)11-22/h2-6,8,15,19,22-23,25-26,28,30,32,34-36H,7,9-14,16-18H2,1H3,(H,33,37)/t19-,22?,23?,25?,26?,28?,30+/m1/s1. The van der Waals surface area contributed by atoms with Crippen LogP contribution >= 0.6 is 0 Å². The first-order valence-corrected chi connectivity index (χ1v) is 14.1. The maximum Gasteiger partial charge on any atom is 0.224 e. The van der Waals surface area contributed by atoms with Crippen molar-refractivity contribution in [2.24, 2.45) is 29.6 Å². The van der Waals surface area contributed by atoms with Crippen molar-refractivity contribution in [3.05, 3.63) is 64.7 Å². The number of nitrogens with one attached hydrogen (secondary N) is 2. The number of phenols is 1. The highest BCUT2D eigenvalue weighted by Gasteiger charge is 2.47. The van der Waals surface area contributed by atoms with Crippen molar-refractivity contribution >= 4 is 5.91 Å². The molecule has 4 aliphatic rings. The van der Waals surface area contributed by atoms with Crippen molar-refractivity contribution in [3.63, 3.8) is 0 Å². The molecule has 4 bridgehead atoms. The van der Waals surface area contributed by atoms with Crippen LogP contribution in [0.15, 0.2) is 42.5 Å². The first kappa shape index (κ1) is 26.2. The molecule has 0 radical (unpaired) electrons. The lowest BCUT2D eigenvalue weighted by molar-refractivity contribution is -0.121. The van der Waals surface area contributed by atoms with Crippen LogP contribution in [0.2, 0.25) is 0 Å². The predicted octanol–water partition coefficient (Wildman–Crippen LogP) is 3.87. The average Bonchev–Trinajstić information content (AvgIpc) is 2.87. The summed E-state index contributed by atoms with van der Waals surface area (Å²) in [5.41, 5.74) is 3.26. The number of aromatic hydroxyl groups is 1. The third kappa shape index (κ3) is 6.36. The van der Waals surface area contributed by atoms with Gasteiger partial charge in [0.15, 0.2) is 0 Å². The van der Waals surface area contributed by atoms with Crippen molar-refractivity contribution in [1.82, 2.24) is 10.6 Å². The predicted molar refractivity (Wildman–Crippen MR) is 144 cm³/mol. The summed E-state index contributed by atoms with van der Waals surface area (Å²) >= 11 is 0. The van der Waals surface area contributed by atoms with E-state index in [4.69, 9.17) is 0 Å². The van der Waals surface area contributed by atoms with Gasteiger partial charge in [0.1, 0.15) is 5.75 Å². The molecule has 4 saturated carbocycles. The first-order valence-electron chi connectivity index (χ1n) is 14.1. The minimum Gasteiger partial charge on any atom is -0.508 e.